The van der Waals surface area contributed by atoms with Crippen LogP contribution >= 0.6 is 0 Å². The highest BCUT2D eigenvalue weighted by atomic mass is 16.2. The quantitative estimate of drug-likeness (QED) is 0.842. The number of carbonyl (C=O) groups is 1. The topological polar surface area (TPSA) is 35.6 Å². The molecule has 2 aliphatic heterocycles. The van der Waals surface area contributed by atoms with Crippen LogP contribution in [0.4, 0.5) is 0 Å². The number of nitrogens with zero attached hydrogens (tertiary/aromatic N) is 2. The van der Waals surface area contributed by atoms with Crippen LogP contribution in [0.1, 0.15) is 46.5 Å². The standard InChI is InChI=1S/C17H33N3O/c1-4-8-19(16-6-5-7-18-10-16)13-17(21)20-11-14(2)9-15(3)12-20/h14-16,18H,4-13H2,1-3H3. The highest BCUT2D eigenvalue weighted by Crippen LogP contribution is 2.21. The van der Waals surface area contributed by atoms with Gasteiger partial charge in [-0.3, -0.25) is 9.69 Å². The number of piperidine rings is 2. The molecule has 0 saturated carbocycles. The summed E-state index contributed by atoms with van der Waals surface area (Å²) in [5.41, 5.74) is 0. The number of rotatable bonds is 5. The lowest BCUT2D eigenvalue weighted by Gasteiger charge is -2.38. The van der Waals surface area contributed by atoms with Crippen molar-refractivity contribution in [2.24, 2.45) is 11.8 Å². The van der Waals surface area contributed by atoms with Crippen LogP contribution in [-0.2, 0) is 4.79 Å². The molecule has 0 aromatic rings. The van der Waals surface area contributed by atoms with Crippen molar-refractivity contribution in [1.29, 1.82) is 0 Å². The summed E-state index contributed by atoms with van der Waals surface area (Å²) in [6.45, 7) is 12.5. The van der Waals surface area contributed by atoms with E-state index in [1.165, 1.54) is 19.3 Å². The minimum Gasteiger partial charge on any atom is -0.341 e. The molecule has 0 bridgehead atoms. The second-order valence-corrected chi connectivity index (χ2v) is 7.22. The predicted octanol–water partition coefficient (Wildman–Crippen LogP) is 1.95. The van der Waals surface area contributed by atoms with Crippen LogP contribution in [0.25, 0.3) is 0 Å². The molecule has 4 nitrogen and oxygen atoms in total. The Kier molecular flexibility index (Phi) is 6.49. The van der Waals surface area contributed by atoms with E-state index in [2.05, 4.69) is 35.9 Å². The van der Waals surface area contributed by atoms with Crippen molar-refractivity contribution in [3.8, 4) is 0 Å². The Balaban J connectivity index is 1.90. The molecule has 1 amide bonds. The first kappa shape index (κ1) is 16.8. The van der Waals surface area contributed by atoms with Gasteiger partial charge in [0, 0.05) is 25.7 Å². The third-order valence-electron chi connectivity index (χ3n) is 4.86. The maximum absolute atomic E-state index is 12.7. The van der Waals surface area contributed by atoms with Crippen molar-refractivity contribution in [3.05, 3.63) is 0 Å². The summed E-state index contributed by atoms with van der Waals surface area (Å²) in [7, 11) is 0. The lowest BCUT2D eigenvalue weighted by molar-refractivity contribution is -0.135. The Bertz CT molecular complexity index is 318. The van der Waals surface area contributed by atoms with Gasteiger partial charge in [0.2, 0.25) is 5.91 Å². The van der Waals surface area contributed by atoms with Crippen LogP contribution in [-0.4, -0.2) is 61.0 Å². The molecule has 2 saturated heterocycles. The van der Waals surface area contributed by atoms with E-state index >= 15 is 0 Å². The zero-order chi connectivity index (χ0) is 15.2. The normalized spacial score (nSPS) is 30.7. The van der Waals surface area contributed by atoms with Gasteiger partial charge in [-0.15, -0.1) is 0 Å². The Morgan fingerprint density at radius 1 is 1.29 bits per heavy atom. The van der Waals surface area contributed by atoms with Gasteiger partial charge in [-0.25, -0.2) is 0 Å². The molecule has 122 valence electrons. The number of hydrogen-bond donors (Lipinski definition) is 1. The molecule has 21 heavy (non-hydrogen) atoms. The third-order valence-corrected chi connectivity index (χ3v) is 4.86. The third kappa shape index (κ3) is 4.96. The molecule has 1 N–H and O–H groups in total. The van der Waals surface area contributed by atoms with Crippen molar-refractivity contribution in [2.75, 3.05) is 39.3 Å². The second kappa shape index (κ2) is 8.14. The van der Waals surface area contributed by atoms with E-state index in [0.717, 1.165) is 39.1 Å². The van der Waals surface area contributed by atoms with Crippen LogP contribution in [0, 0.1) is 11.8 Å². The van der Waals surface area contributed by atoms with Gasteiger partial charge in [0.15, 0.2) is 0 Å². The van der Waals surface area contributed by atoms with Gasteiger partial charge in [0.05, 0.1) is 6.54 Å². The minimum atomic E-state index is 0.340. The molecule has 2 aliphatic rings. The number of hydrogen-bond acceptors (Lipinski definition) is 3. The highest BCUT2D eigenvalue weighted by Gasteiger charge is 2.28. The molecule has 0 aromatic heterocycles. The number of carbonyl (C=O) groups excluding carboxylic acids is 1. The summed E-state index contributed by atoms with van der Waals surface area (Å²) in [5.74, 6) is 1.63. The summed E-state index contributed by atoms with van der Waals surface area (Å²) < 4.78 is 0. The maximum atomic E-state index is 12.7. The molecular formula is C17H33N3O. The van der Waals surface area contributed by atoms with E-state index in [4.69, 9.17) is 0 Å². The van der Waals surface area contributed by atoms with Gasteiger partial charge in [-0.05, 0) is 50.6 Å². The fourth-order valence-corrected chi connectivity index (χ4v) is 3.96. The predicted molar refractivity (Wildman–Crippen MR) is 87.3 cm³/mol. The molecule has 0 spiro atoms. The molecule has 0 radical (unpaired) electrons. The van der Waals surface area contributed by atoms with Gasteiger partial charge in [0.25, 0.3) is 0 Å². The Morgan fingerprint density at radius 3 is 2.57 bits per heavy atom. The fourth-order valence-electron chi connectivity index (χ4n) is 3.96. The second-order valence-electron chi connectivity index (χ2n) is 7.22. The molecule has 3 unspecified atom stereocenters. The van der Waals surface area contributed by atoms with Crippen LogP contribution in [0.5, 0.6) is 0 Å². The molecule has 2 rings (SSSR count). The van der Waals surface area contributed by atoms with Gasteiger partial charge in [-0.2, -0.15) is 0 Å². The van der Waals surface area contributed by atoms with Crippen molar-refractivity contribution in [3.63, 3.8) is 0 Å². The minimum absolute atomic E-state index is 0.340. The first-order chi connectivity index (χ1) is 10.1. The van der Waals surface area contributed by atoms with Crippen molar-refractivity contribution >= 4 is 5.91 Å². The number of nitrogens with one attached hydrogen (secondary N) is 1. The molecule has 2 fully saturated rings. The Morgan fingerprint density at radius 2 is 2.00 bits per heavy atom. The smallest absolute Gasteiger partial charge is 0.236 e. The van der Waals surface area contributed by atoms with Gasteiger partial charge < -0.3 is 10.2 Å². The van der Waals surface area contributed by atoms with E-state index in [9.17, 15) is 4.79 Å². The highest BCUT2D eigenvalue weighted by molar-refractivity contribution is 5.78. The number of amides is 1. The zero-order valence-corrected chi connectivity index (χ0v) is 14.1. The molecular weight excluding hydrogens is 262 g/mol. The lowest BCUT2D eigenvalue weighted by Crippen LogP contribution is -2.52. The van der Waals surface area contributed by atoms with Gasteiger partial charge >= 0.3 is 0 Å². The maximum Gasteiger partial charge on any atom is 0.236 e. The molecule has 2 heterocycles. The zero-order valence-electron chi connectivity index (χ0n) is 14.1. The van der Waals surface area contributed by atoms with Crippen molar-refractivity contribution in [2.45, 2.75) is 52.5 Å². The van der Waals surface area contributed by atoms with Crippen molar-refractivity contribution < 1.29 is 4.79 Å². The first-order valence-electron chi connectivity index (χ1n) is 8.82. The SMILES string of the molecule is CCCN(CC(=O)N1CC(C)CC(C)C1)C1CCCNC1. The van der Waals surface area contributed by atoms with Crippen LogP contribution in [0.3, 0.4) is 0 Å². The average Bonchev–Trinajstić information content (AvgIpc) is 2.46. The molecule has 0 aromatic carbocycles. The van der Waals surface area contributed by atoms with Crippen LogP contribution in [0.15, 0.2) is 0 Å². The summed E-state index contributed by atoms with van der Waals surface area (Å²) in [6.07, 6.45) is 4.84. The van der Waals surface area contributed by atoms with E-state index in [0.29, 0.717) is 30.3 Å². The van der Waals surface area contributed by atoms with Gasteiger partial charge in [0.1, 0.15) is 0 Å². The largest absolute Gasteiger partial charge is 0.341 e. The van der Waals surface area contributed by atoms with E-state index in [1.54, 1.807) is 0 Å². The van der Waals surface area contributed by atoms with Gasteiger partial charge in [-0.1, -0.05) is 20.8 Å². The summed E-state index contributed by atoms with van der Waals surface area (Å²) in [4.78, 5) is 17.2. The Hall–Kier alpha value is -0.610. The molecule has 0 aliphatic carbocycles. The monoisotopic (exact) mass is 295 g/mol. The average molecular weight is 295 g/mol. The number of likely N-dealkylation sites (tertiary alicyclic amines) is 1. The van der Waals surface area contributed by atoms with Crippen LogP contribution in [0.2, 0.25) is 0 Å². The fraction of sp³-hybridized carbons (Fsp3) is 0.941. The Labute approximate surface area is 130 Å². The van der Waals surface area contributed by atoms with E-state index < -0.39 is 0 Å². The van der Waals surface area contributed by atoms with E-state index in [1.807, 2.05) is 0 Å². The lowest BCUT2D eigenvalue weighted by atomic mass is 9.92. The molecule has 4 heteroatoms. The summed E-state index contributed by atoms with van der Waals surface area (Å²) >= 11 is 0. The van der Waals surface area contributed by atoms with Crippen molar-refractivity contribution in [1.82, 2.24) is 15.1 Å². The summed E-state index contributed by atoms with van der Waals surface area (Å²) in [6, 6.07) is 0.544. The van der Waals surface area contributed by atoms with E-state index in [-0.39, 0.29) is 0 Å². The van der Waals surface area contributed by atoms with Crippen LogP contribution < -0.4 is 5.32 Å². The molecule has 3 atom stereocenters. The first-order valence-corrected chi connectivity index (χ1v) is 8.82. The summed E-state index contributed by atoms with van der Waals surface area (Å²) in [5, 5.41) is 3.47.